The van der Waals surface area contributed by atoms with Crippen LogP contribution < -0.4 is 10.1 Å². The number of hydrogen-bond donors (Lipinski definition) is 1. The molecule has 146 valence electrons. The molecule has 4 heterocycles. The Hall–Kier alpha value is -2.73. The molecule has 0 unspecified atom stereocenters. The fourth-order valence-electron chi connectivity index (χ4n) is 4.32. The lowest BCUT2D eigenvalue weighted by Crippen LogP contribution is -2.62. The monoisotopic (exact) mass is 379 g/mol. The minimum absolute atomic E-state index is 0.0505. The van der Waals surface area contributed by atoms with Crippen molar-refractivity contribution < 1.29 is 14.3 Å². The largest absolute Gasteiger partial charge is 0.456 e. The summed E-state index contributed by atoms with van der Waals surface area (Å²) >= 11 is 0. The molecule has 3 fully saturated rings. The third kappa shape index (κ3) is 3.64. The average Bonchev–Trinajstić information content (AvgIpc) is 2.71. The van der Waals surface area contributed by atoms with E-state index >= 15 is 0 Å². The van der Waals surface area contributed by atoms with Crippen LogP contribution in [0.5, 0.6) is 11.5 Å². The van der Waals surface area contributed by atoms with Gasteiger partial charge in [0.05, 0.1) is 5.56 Å². The van der Waals surface area contributed by atoms with Gasteiger partial charge in [-0.05, 0) is 76.0 Å². The standard InChI is InChI=1S/C22H25N3O3/c1-14-21(16-8-11-25(14)12-9-16)24-22(27)17-3-5-18(6-4-17)28-20-7-10-23-13-19(20)15(2)26/h3-7,10,13-14,16,21H,8-9,11-12H2,1-2H3,(H,24,27)/t14-,21+/m1/s1. The molecule has 3 aliphatic heterocycles. The molecule has 0 saturated carbocycles. The molecule has 28 heavy (non-hydrogen) atoms. The van der Waals surface area contributed by atoms with Gasteiger partial charge in [0, 0.05) is 30.0 Å². The highest BCUT2D eigenvalue weighted by Crippen LogP contribution is 2.32. The van der Waals surface area contributed by atoms with Crippen molar-refractivity contribution in [3.05, 3.63) is 53.9 Å². The molecule has 0 aliphatic carbocycles. The van der Waals surface area contributed by atoms with Crippen molar-refractivity contribution in [3.63, 3.8) is 0 Å². The number of rotatable bonds is 5. The molecule has 1 aromatic carbocycles. The molecule has 2 atom stereocenters. The number of ether oxygens (including phenoxy) is 1. The minimum atomic E-state index is -0.106. The van der Waals surface area contributed by atoms with Crippen molar-refractivity contribution in [2.75, 3.05) is 13.1 Å². The molecule has 6 heteroatoms. The summed E-state index contributed by atoms with van der Waals surface area (Å²) in [6.07, 6.45) is 5.40. The van der Waals surface area contributed by atoms with Gasteiger partial charge < -0.3 is 10.1 Å². The van der Waals surface area contributed by atoms with Crippen LogP contribution in [-0.4, -0.2) is 46.7 Å². The Labute approximate surface area is 164 Å². The summed E-state index contributed by atoms with van der Waals surface area (Å²) < 4.78 is 5.81. The molecular weight excluding hydrogens is 354 g/mol. The van der Waals surface area contributed by atoms with Crippen LogP contribution in [0.1, 0.15) is 47.4 Å². The molecule has 2 bridgehead atoms. The number of aromatic nitrogens is 1. The van der Waals surface area contributed by atoms with Gasteiger partial charge in [0.2, 0.25) is 0 Å². The van der Waals surface area contributed by atoms with Crippen molar-refractivity contribution in [1.29, 1.82) is 0 Å². The average molecular weight is 379 g/mol. The maximum Gasteiger partial charge on any atom is 0.251 e. The van der Waals surface area contributed by atoms with E-state index in [-0.39, 0.29) is 17.7 Å². The number of Topliss-reactive ketones (excluding diaryl/α,β-unsaturated/α-hetero) is 1. The number of piperidine rings is 3. The lowest BCUT2D eigenvalue weighted by Gasteiger charge is -2.49. The predicted molar refractivity (Wildman–Crippen MR) is 106 cm³/mol. The van der Waals surface area contributed by atoms with Gasteiger partial charge >= 0.3 is 0 Å². The van der Waals surface area contributed by atoms with E-state index in [1.165, 1.54) is 13.1 Å². The highest BCUT2D eigenvalue weighted by atomic mass is 16.5. The first-order valence-electron chi connectivity index (χ1n) is 9.80. The predicted octanol–water partition coefficient (Wildman–Crippen LogP) is 3.29. The lowest BCUT2D eigenvalue weighted by molar-refractivity contribution is 0.0217. The molecule has 5 rings (SSSR count). The van der Waals surface area contributed by atoms with Crippen LogP contribution in [0.3, 0.4) is 0 Å². The third-order valence-corrected chi connectivity index (χ3v) is 5.98. The number of nitrogens with one attached hydrogen (secondary N) is 1. The maximum absolute atomic E-state index is 12.7. The Morgan fingerprint density at radius 1 is 1.14 bits per heavy atom. The molecule has 3 aliphatic rings. The third-order valence-electron chi connectivity index (χ3n) is 5.98. The Morgan fingerprint density at radius 2 is 1.86 bits per heavy atom. The molecule has 2 aromatic rings. The van der Waals surface area contributed by atoms with Crippen LogP contribution in [0, 0.1) is 5.92 Å². The van der Waals surface area contributed by atoms with Crippen molar-refractivity contribution in [3.8, 4) is 11.5 Å². The van der Waals surface area contributed by atoms with Crippen LogP contribution in [-0.2, 0) is 0 Å². The normalized spacial score (nSPS) is 25.9. The summed E-state index contributed by atoms with van der Waals surface area (Å²) in [5.74, 6) is 1.45. The van der Waals surface area contributed by atoms with Gasteiger partial charge in [0.1, 0.15) is 11.5 Å². The highest BCUT2D eigenvalue weighted by Gasteiger charge is 2.40. The molecule has 1 amide bonds. The van der Waals surface area contributed by atoms with Gasteiger partial charge in [0.15, 0.2) is 5.78 Å². The van der Waals surface area contributed by atoms with Crippen LogP contribution in [0.25, 0.3) is 0 Å². The van der Waals surface area contributed by atoms with Crippen molar-refractivity contribution in [2.24, 2.45) is 5.92 Å². The number of carbonyl (C=O) groups is 2. The summed E-state index contributed by atoms with van der Waals surface area (Å²) in [7, 11) is 0. The van der Waals surface area contributed by atoms with Crippen LogP contribution in [0.15, 0.2) is 42.7 Å². The SMILES string of the molecule is CC(=O)c1cnccc1Oc1ccc(C(=O)N[C@@H]2C3CCN(CC3)[C@@H]2C)cc1. The van der Waals surface area contributed by atoms with E-state index in [9.17, 15) is 9.59 Å². The second kappa shape index (κ2) is 7.72. The number of benzene rings is 1. The highest BCUT2D eigenvalue weighted by molar-refractivity contribution is 5.96. The van der Waals surface area contributed by atoms with E-state index in [0.29, 0.717) is 34.6 Å². The molecular formula is C22H25N3O3. The summed E-state index contributed by atoms with van der Waals surface area (Å²) in [5.41, 5.74) is 1.04. The Morgan fingerprint density at radius 3 is 2.50 bits per heavy atom. The molecule has 3 saturated heterocycles. The van der Waals surface area contributed by atoms with Gasteiger partial charge in [-0.25, -0.2) is 0 Å². The van der Waals surface area contributed by atoms with E-state index in [2.05, 4.69) is 22.1 Å². The summed E-state index contributed by atoms with van der Waals surface area (Å²) in [6, 6.07) is 9.26. The lowest BCUT2D eigenvalue weighted by atomic mass is 9.79. The Kier molecular flexibility index (Phi) is 5.13. The zero-order valence-corrected chi connectivity index (χ0v) is 16.2. The van der Waals surface area contributed by atoms with Gasteiger partial charge in [-0.2, -0.15) is 0 Å². The summed E-state index contributed by atoms with van der Waals surface area (Å²) in [4.78, 5) is 30.8. The second-order valence-corrected chi connectivity index (χ2v) is 7.67. The number of amides is 1. The first-order chi connectivity index (χ1) is 13.5. The Bertz CT molecular complexity index is 871. The van der Waals surface area contributed by atoms with Gasteiger partial charge in [-0.1, -0.05) is 0 Å². The van der Waals surface area contributed by atoms with E-state index in [1.54, 1.807) is 36.5 Å². The Balaban J connectivity index is 1.43. The maximum atomic E-state index is 12.7. The first-order valence-corrected chi connectivity index (χ1v) is 9.80. The van der Waals surface area contributed by atoms with Crippen LogP contribution in [0.2, 0.25) is 0 Å². The molecule has 0 spiro atoms. The number of hydrogen-bond acceptors (Lipinski definition) is 5. The fourth-order valence-corrected chi connectivity index (χ4v) is 4.32. The fraction of sp³-hybridized carbons (Fsp3) is 0.409. The first kappa shape index (κ1) is 18.6. The van der Waals surface area contributed by atoms with Crippen molar-refractivity contribution >= 4 is 11.7 Å². The molecule has 1 N–H and O–H groups in total. The quantitative estimate of drug-likeness (QED) is 0.807. The van der Waals surface area contributed by atoms with E-state index in [1.807, 2.05) is 0 Å². The van der Waals surface area contributed by atoms with Crippen molar-refractivity contribution in [2.45, 2.75) is 38.8 Å². The van der Waals surface area contributed by atoms with E-state index in [0.717, 1.165) is 25.9 Å². The molecule has 6 nitrogen and oxygen atoms in total. The number of pyridine rings is 1. The minimum Gasteiger partial charge on any atom is -0.456 e. The van der Waals surface area contributed by atoms with E-state index < -0.39 is 0 Å². The molecule has 1 aromatic heterocycles. The number of carbonyl (C=O) groups excluding carboxylic acids is 2. The topological polar surface area (TPSA) is 71.5 Å². The van der Waals surface area contributed by atoms with Crippen molar-refractivity contribution in [1.82, 2.24) is 15.2 Å². The van der Waals surface area contributed by atoms with Gasteiger partial charge in [-0.15, -0.1) is 0 Å². The number of nitrogens with zero attached hydrogens (tertiary/aromatic N) is 2. The van der Waals surface area contributed by atoms with Gasteiger partial charge in [-0.3, -0.25) is 19.5 Å². The smallest absolute Gasteiger partial charge is 0.251 e. The van der Waals surface area contributed by atoms with E-state index in [4.69, 9.17) is 4.74 Å². The van der Waals surface area contributed by atoms with Gasteiger partial charge in [0.25, 0.3) is 5.91 Å². The number of ketones is 1. The summed E-state index contributed by atoms with van der Waals surface area (Å²) in [5, 5.41) is 3.24. The zero-order chi connectivity index (χ0) is 19.7. The zero-order valence-electron chi connectivity index (χ0n) is 16.2. The van der Waals surface area contributed by atoms with Crippen LogP contribution in [0.4, 0.5) is 0 Å². The second-order valence-electron chi connectivity index (χ2n) is 7.67. The number of fused-ring (bicyclic) bond motifs is 3. The van der Waals surface area contributed by atoms with Crippen LogP contribution >= 0.6 is 0 Å². The summed E-state index contributed by atoms with van der Waals surface area (Å²) in [6.45, 7) is 5.96. The molecule has 0 radical (unpaired) electrons.